The normalized spacial score (nSPS) is 19.6. The quantitative estimate of drug-likeness (QED) is 0.880. The van der Waals surface area contributed by atoms with Gasteiger partial charge in [0.25, 0.3) is 0 Å². The third-order valence-corrected chi connectivity index (χ3v) is 4.54. The minimum Gasteiger partial charge on any atom is -0.481 e. The van der Waals surface area contributed by atoms with Crippen molar-refractivity contribution in [2.45, 2.75) is 51.4 Å². The number of carbonyl (C=O) groups is 1. The van der Waals surface area contributed by atoms with Gasteiger partial charge in [-0.05, 0) is 73.1 Å². The van der Waals surface area contributed by atoms with Crippen molar-refractivity contribution in [1.29, 1.82) is 0 Å². The Bertz CT molecular complexity index is 486. The molecular formula is C16H20O2. The summed E-state index contributed by atoms with van der Waals surface area (Å²) >= 11 is 0. The van der Waals surface area contributed by atoms with Crippen molar-refractivity contribution in [3.8, 4) is 0 Å². The van der Waals surface area contributed by atoms with E-state index < -0.39 is 5.97 Å². The predicted octanol–water partition coefficient (Wildman–Crippen LogP) is 3.45. The van der Waals surface area contributed by atoms with Crippen molar-refractivity contribution in [2.75, 3.05) is 0 Å². The average Bonchev–Trinajstić information content (AvgIpc) is 3.04. The number of carboxylic acid groups (broad SMARTS) is 1. The summed E-state index contributed by atoms with van der Waals surface area (Å²) in [6.45, 7) is 2.18. The van der Waals surface area contributed by atoms with Crippen LogP contribution in [0, 0.1) is 12.8 Å². The Hall–Kier alpha value is -1.31. The lowest BCUT2D eigenvalue weighted by Crippen LogP contribution is -2.11. The van der Waals surface area contributed by atoms with Crippen molar-refractivity contribution >= 4 is 5.97 Å². The van der Waals surface area contributed by atoms with Crippen LogP contribution in [0.15, 0.2) is 12.1 Å². The number of rotatable bonds is 4. The summed E-state index contributed by atoms with van der Waals surface area (Å²) in [4.78, 5) is 11.1. The zero-order valence-electron chi connectivity index (χ0n) is 10.9. The second-order valence-corrected chi connectivity index (χ2v) is 5.82. The maximum absolute atomic E-state index is 11.1. The smallest absolute Gasteiger partial charge is 0.303 e. The molecule has 2 nitrogen and oxygen atoms in total. The van der Waals surface area contributed by atoms with Gasteiger partial charge < -0.3 is 5.11 Å². The minimum atomic E-state index is -0.653. The van der Waals surface area contributed by atoms with E-state index in [-0.39, 0.29) is 5.92 Å². The number of fused-ring (bicyclic) bond motifs is 1. The molecule has 0 heterocycles. The number of carboxylic acids is 1. The number of hydrogen-bond donors (Lipinski definition) is 1. The number of aliphatic carboxylic acids is 1. The number of aryl methyl sites for hydroxylation is 1. The van der Waals surface area contributed by atoms with Gasteiger partial charge in [0, 0.05) is 0 Å². The molecule has 3 rings (SSSR count). The highest BCUT2D eigenvalue weighted by atomic mass is 16.4. The fourth-order valence-electron chi connectivity index (χ4n) is 3.48. The molecular weight excluding hydrogens is 224 g/mol. The Morgan fingerprint density at radius 2 is 2.06 bits per heavy atom. The molecule has 1 unspecified atom stereocenters. The highest BCUT2D eigenvalue weighted by molar-refractivity contribution is 5.68. The third-order valence-electron chi connectivity index (χ3n) is 4.54. The molecule has 1 fully saturated rings. The molecule has 2 aliphatic carbocycles. The molecule has 1 saturated carbocycles. The first-order valence-corrected chi connectivity index (χ1v) is 7.00. The fourth-order valence-corrected chi connectivity index (χ4v) is 3.48. The third kappa shape index (κ3) is 2.05. The van der Waals surface area contributed by atoms with Crippen LogP contribution in [0.4, 0.5) is 0 Å². The van der Waals surface area contributed by atoms with E-state index in [1.807, 2.05) is 0 Å². The summed E-state index contributed by atoms with van der Waals surface area (Å²) in [5.74, 6) is 0.225. The minimum absolute atomic E-state index is 0.259. The highest BCUT2D eigenvalue weighted by Gasteiger charge is 2.35. The predicted molar refractivity (Wildman–Crippen MR) is 70.9 cm³/mol. The van der Waals surface area contributed by atoms with Crippen LogP contribution in [-0.2, 0) is 17.6 Å². The van der Waals surface area contributed by atoms with Crippen LogP contribution < -0.4 is 0 Å². The van der Waals surface area contributed by atoms with Gasteiger partial charge in [0.2, 0.25) is 0 Å². The van der Waals surface area contributed by atoms with E-state index in [1.165, 1.54) is 47.9 Å². The van der Waals surface area contributed by atoms with Crippen LogP contribution >= 0.6 is 0 Å². The largest absolute Gasteiger partial charge is 0.481 e. The fraction of sp³-hybridized carbons (Fsp3) is 0.562. The molecule has 0 aliphatic heterocycles. The lowest BCUT2D eigenvalue weighted by Gasteiger charge is -2.19. The highest BCUT2D eigenvalue weighted by Crippen LogP contribution is 2.47. The number of benzene rings is 1. The van der Waals surface area contributed by atoms with Crippen LogP contribution in [0.25, 0.3) is 0 Å². The van der Waals surface area contributed by atoms with Crippen LogP contribution in [-0.4, -0.2) is 11.1 Å². The Labute approximate surface area is 108 Å². The molecule has 0 aromatic heterocycles. The maximum Gasteiger partial charge on any atom is 0.303 e. The first-order valence-electron chi connectivity index (χ1n) is 7.00. The van der Waals surface area contributed by atoms with Gasteiger partial charge in [0.15, 0.2) is 0 Å². The van der Waals surface area contributed by atoms with E-state index in [9.17, 15) is 4.79 Å². The molecule has 1 aromatic rings. The molecule has 96 valence electrons. The molecule has 0 radical (unpaired) electrons. The summed E-state index contributed by atoms with van der Waals surface area (Å²) in [7, 11) is 0. The second kappa shape index (κ2) is 4.42. The Kier molecular flexibility index (Phi) is 2.89. The van der Waals surface area contributed by atoms with Crippen LogP contribution in [0.3, 0.4) is 0 Å². The molecule has 2 heteroatoms. The van der Waals surface area contributed by atoms with Gasteiger partial charge in [-0.2, -0.15) is 0 Å². The van der Waals surface area contributed by atoms with Crippen LogP contribution in [0.2, 0.25) is 0 Å². The number of hydrogen-bond acceptors (Lipinski definition) is 1. The first-order chi connectivity index (χ1) is 8.66. The van der Waals surface area contributed by atoms with Gasteiger partial charge in [-0.15, -0.1) is 0 Å². The zero-order valence-corrected chi connectivity index (χ0v) is 10.9. The van der Waals surface area contributed by atoms with Gasteiger partial charge in [0.1, 0.15) is 0 Å². The molecule has 1 aromatic carbocycles. The lowest BCUT2D eigenvalue weighted by atomic mass is 9.85. The topological polar surface area (TPSA) is 37.3 Å². The molecule has 0 saturated heterocycles. The monoisotopic (exact) mass is 244 g/mol. The van der Waals surface area contributed by atoms with E-state index in [1.54, 1.807) is 0 Å². The van der Waals surface area contributed by atoms with Crippen molar-refractivity contribution in [1.82, 2.24) is 0 Å². The van der Waals surface area contributed by atoms with Gasteiger partial charge in [-0.25, -0.2) is 0 Å². The van der Waals surface area contributed by atoms with E-state index in [0.29, 0.717) is 12.3 Å². The molecule has 2 aliphatic rings. The van der Waals surface area contributed by atoms with Crippen LogP contribution in [0.1, 0.15) is 53.9 Å². The molecule has 0 amide bonds. The molecule has 0 bridgehead atoms. The average molecular weight is 244 g/mol. The second-order valence-electron chi connectivity index (χ2n) is 5.82. The van der Waals surface area contributed by atoms with Crippen molar-refractivity contribution < 1.29 is 9.90 Å². The first kappa shape index (κ1) is 11.8. The molecule has 1 atom stereocenters. The summed E-state index contributed by atoms with van der Waals surface area (Å²) in [5.41, 5.74) is 5.71. The molecule has 0 spiro atoms. The van der Waals surface area contributed by atoms with Gasteiger partial charge >= 0.3 is 5.97 Å². The maximum atomic E-state index is 11.1. The summed E-state index contributed by atoms with van der Waals surface area (Å²) < 4.78 is 0. The van der Waals surface area contributed by atoms with E-state index in [4.69, 9.17) is 5.11 Å². The summed E-state index contributed by atoms with van der Waals surface area (Å²) in [5, 5.41) is 9.12. The Morgan fingerprint density at radius 3 is 2.72 bits per heavy atom. The van der Waals surface area contributed by atoms with Crippen molar-refractivity contribution in [3.63, 3.8) is 0 Å². The zero-order chi connectivity index (χ0) is 12.7. The Morgan fingerprint density at radius 1 is 1.33 bits per heavy atom. The SMILES string of the molecule is Cc1ccc(C(CC(=O)O)C2CC2)c2c1CCC2. The van der Waals surface area contributed by atoms with Gasteiger partial charge in [0.05, 0.1) is 6.42 Å². The van der Waals surface area contributed by atoms with Crippen LogP contribution in [0.5, 0.6) is 0 Å². The molecule has 1 N–H and O–H groups in total. The van der Waals surface area contributed by atoms with Crippen molar-refractivity contribution in [2.24, 2.45) is 5.92 Å². The summed E-state index contributed by atoms with van der Waals surface area (Å²) in [6, 6.07) is 4.39. The van der Waals surface area contributed by atoms with E-state index >= 15 is 0 Å². The van der Waals surface area contributed by atoms with E-state index in [2.05, 4.69) is 19.1 Å². The Balaban J connectivity index is 1.99. The van der Waals surface area contributed by atoms with Crippen molar-refractivity contribution in [3.05, 3.63) is 34.4 Å². The van der Waals surface area contributed by atoms with Gasteiger partial charge in [-0.1, -0.05) is 12.1 Å². The summed E-state index contributed by atoms with van der Waals surface area (Å²) in [6.07, 6.45) is 6.29. The lowest BCUT2D eigenvalue weighted by molar-refractivity contribution is -0.137. The van der Waals surface area contributed by atoms with Gasteiger partial charge in [-0.3, -0.25) is 4.79 Å². The van der Waals surface area contributed by atoms with E-state index in [0.717, 1.165) is 6.42 Å². The molecule has 18 heavy (non-hydrogen) atoms. The standard InChI is InChI=1S/C16H20O2/c1-10-5-8-14(13-4-2-3-12(10)13)15(9-16(17)18)11-6-7-11/h5,8,11,15H,2-4,6-7,9H2,1H3,(H,17,18).